The van der Waals surface area contributed by atoms with Crippen LogP contribution in [0.15, 0.2) is 78.9 Å². The molecule has 2 atom stereocenters. The maximum atomic E-state index is 14.7. The molecule has 0 unspecified atom stereocenters. The zero-order valence-corrected chi connectivity index (χ0v) is 33.2. The minimum Gasteiger partial charge on any atom is -0.490 e. The smallest absolute Gasteiger partial charge is 0.407 e. The van der Waals surface area contributed by atoms with E-state index >= 15 is 0 Å². The Bertz CT molecular complexity index is 1990. The number of methoxy groups -OCH3 is 1. The summed E-state index contributed by atoms with van der Waals surface area (Å²) in [7, 11) is 1.69. The molecule has 1 aliphatic carbocycles. The average molecular weight is 801 g/mol. The summed E-state index contributed by atoms with van der Waals surface area (Å²) in [6, 6.07) is 27.0. The number of ether oxygens (including phenoxy) is 4. The Morgan fingerprint density at radius 1 is 0.857 bits per heavy atom. The van der Waals surface area contributed by atoms with Gasteiger partial charge in [-0.3, -0.25) is 4.79 Å². The SMILES string of the molecule is COCCCc1cc(CN(C(=O)[C@H]2CN(C(=O)O)CC[C@@H]2c2ccc(OCCOc3c(Cl)cc(C)cc3Cl)cc2)C2CC2)cc(OCc2ccc(C#N)cc2)c1. The fourth-order valence-corrected chi connectivity index (χ4v) is 7.91. The number of hydrogen-bond donors (Lipinski definition) is 1. The number of halogens is 2. The van der Waals surface area contributed by atoms with Gasteiger partial charge in [0.05, 0.1) is 27.6 Å². The normalized spacial score (nSPS) is 16.5. The Kier molecular flexibility index (Phi) is 14.0. The van der Waals surface area contributed by atoms with E-state index in [0.29, 0.717) is 65.6 Å². The van der Waals surface area contributed by atoms with Gasteiger partial charge in [0.2, 0.25) is 5.91 Å². The number of piperidine rings is 1. The molecule has 294 valence electrons. The third kappa shape index (κ3) is 10.9. The second-order valence-electron chi connectivity index (χ2n) is 14.4. The molecule has 56 heavy (non-hydrogen) atoms. The third-order valence-electron chi connectivity index (χ3n) is 10.2. The molecule has 0 spiro atoms. The average Bonchev–Trinajstić information content (AvgIpc) is 4.04. The van der Waals surface area contributed by atoms with Gasteiger partial charge in [-0.1, -0.05) is 53.5 Å². The molecule has 1 heterocycles. The summed E-state index contributed by atoms with van der Waals surface area (Å²) in [5.74, 6) is 0.998. The standard InChI is InChI=1S/C44H47Cl2N3O7/c1-29-20-40(45)42(41(46)21-29)55-19-18-54-36-13-9-34(10-14-36)38-15-16-48(44(51)52)27-39(38)43(50)49(35-11-12-35)26-33-22-32(4-3-17-53-2)23-37(24-33)56-28-31-7-5-30(25-47)6-8-31/h5-10,13-14,20-24,35,38-39H,3-4,11-12,15-19,26-28H2,1-2H3,(H,51,52)/t38-,39+/m1/s1. The fourth-order valence-electron chi connectivity index (χ4n) is 7.21. The lowest BCUT2D eigenvalue weighted by molar-refractivity contribution is -0.139. The Hall–Kier alpha value is -4.95. The van der Waals surface area contributed by atoms with Crippen LogP contribution < -0.4 is 14.2 Å². The highest BCUT2D eigenvalue weighted by atomic mass is 35.5. The lowest BCUT2D eigenvalue weighted by Gasteiger charge is -2.39. The van der Waals surface area contributed by atoms with Crippen molar-refractivity contribution in [3.8, 4) is 23.3 Å². The predicted molar refractivity (Wildman–Crippen MR) is 215 cm³/mol. The molecule has 0 radical (unpaired) electrons. The molecule has 0 bridgehead atoms. The Balaban J connectivity index is 1.16. The molecule has 2 amide bonds. The van der Waals surface area contributed by atoms with E-state index in [1.165, 1.54) is 4.90 Å². The van der Waals surface area contributed by atoms with Gasteiger partial charge in [-0.2, -0.15) is 5.26 Å². The first-order valence-corrected chi connectivity index (χ1v) is 19.7. The molecular formula is C44H47Cl2N3O7. The van der Waals surface area contributed by atoms with Crippen LogP contribution in [0.2, 0.25) is 10.0 Å². The Morgan fingerprint density at radius 3 is 2.21 bits per heavy atom. The van der Waals surface area contributed by atoms with Crippen LogP contribution in [0.25, 0.3) is 0 Å². The largest absolute Gasteiger partial charge is 0.490 e. The molecule has 6 rings (SSSR count). The second-order valence-corrected chi connectivity index (χ2v) is 15.2. The topological polar surface area (TPSA) is 122 Å². The van der Waals surface area contributed by atoms with Crippen molar-refractivity contribution < 1.29 is 33.6 Å². The first kappa shape index (κ1) is 40.7. The van der Waals surface area contributed by atoms with Crippen LogP contribution in [0.1, 0.15) is 65.0 Å². The van der Waals surface area contributed by atoms with Crippen molar-refractivity contribution in [3.63, 3.8) is 0 Å². The summed E-state index contributed by atoms with van der Waals surface area (Å²) in [6.45, 7) is 4.23. The van der Waals surface area contributed by atoms with Crippen molar-refractivity contribution >= 4 is 35.2 Å². The zero-order chi connectivity index (χ0) is 39.6. The van der Waals surface area contributed by atoms with E-state index in [-0.39, 0.29) is 37.6 Å². The lowest BCUT2D eigenvalue weighted by atomic mass is 9.79. The minimum absolute atomic E-state index is 0.0424. The maximum Gasteiger partial charge on any atom is 0.407 e. The highest BCUT2D eigenvalue weighted by Gasteiger charge is 2.42. The monoisotopic (exact) mass is 799 g/mol. The molecule has 10 nitrogen and oxygen atoms in total. The van der Waals surface area contributed by atoms with Crippen LogP contribution in [0.5, 0.6) is 17.2 Å². The second kappa shape index (κ2) is 19.3. The molecular weight excluding hydrogens is 753 g/mol. The van der Waals surface area contributed by atoms with Crippen LogP contribution in [-0.4, -0.2) is 73.0 Å². The number of carboxylic acid groups (broad SMARTS) is 1. The summed E-state index contributed by atoms with van der Waals surface area (Å²) >= 11 is 12.6. The first-order valence-electron chi connectivity index (χ1n) is 18.9. The van der Waals surface area contributed by atoms with Gasteiger partial charge in [-0.05, 0) is 121 Å². The Morgan fingerprint density at radius 2 is 1.55 bits per heavy atom. The number of rotatable bonds is 17. The van der Waals surface area contributed by atoms with E-state index in [9.17, 15) is 14.7 Å². The highest BCUT2D eigenvalue weighted by molar-refractivity contribution is 6.37. The number of hydrogen-bond acceptors (Lipinski definition) is 7. The number of benzene rings is 4. The molecule has 2 fully saturated rings. The maximum absolute atomic E-state index is 14.7. The van der Waals surface area contributed by atoms with E-state index < -0.39 is 12.0 Å². The van der Waals surface area contributed by atoms with Gasteiger partial charge in [0.15, 0.2) is 5.75 Å². The molecule has 4 aromatic rings. The van der Waals surface area contributed by atoms with Crippen LogP contribution in [0.3, 0.4) is 0 Å². The van der Waals surface area contributed by atoms with Crippen molar-refractivity contribution in [2.24, 2.45) is 5.92 Å². The van der Waals surface area contributed by atoms with Crippen molar-refractivity contribution in [2.45, 2.75) is 64.1 Å². The predicted octanol–water partition coefficient (Wildman–Crippen LogP) is 9.06. The number of nitriles is 1. The Labute approximate surface area is 338 Å². The minimum atomic E-state index is -1.02. The van der Waals surface area contributed by atoms with Gasteiger partial charge >= 0.3 is 6.09 Å². The summed E-state index contributed by atoms with van der Waals surface area (Å²) in [4.78, 5) is 30.2. The van der Waals surface area contributed by atoms with E-state index in [4.69, 9.17) is 47.4 Å². The summed E-state index contributed by atoms with van der Waals surface area (Å²) in [6.07, 6.45) is 2.93. The van der Waals surface area contributed by atoms with Gasteiger partial charge in [0, 0.05) is 39.4 Å². The van der Waals surface area contributed by atoms with Crippen LogP contribution in [-0.2, 0) is 29.1 Å². The number of aryl methyl sites for hydroxylation is 2. The summed E-state index contributed by atoms with van der Waals surface area (Å²) in [5, 5.41) is 20.0. The number of nitrogens with zero attached hydrogens (tertiary/aromatic N) is 3. The summed E-state index contributed by atoms with van der Waals surface area (Å²) in [5.41, 5.74) is 5.48. The van der Waals surface area contributed by atoms with Crippen molar-refractivity contribution in [1.29, 1.82) is 5.26 Å². The third-order valence-corrected chi connectivity index (χ3v) is 10.8. The molecule has 1 aliphatic heterocycles. The quantitative estimate of drug-likeness (QED) is 0.105. The van der Waals surface area contributed by atoms with E-state index in [2.05, 4.69) is 12.1 Å². The first-order chi connectivity index (χ1) is 27.1. The summed E-state index contributed by atoms with van der Waals surface area (Å²) < 4.78 is 23.3. The van der Waals surface area contributed by atoms with Crippen molar-refractivity contribution in [3.05, 3.63) is 122 Å². The van der Waals surface area contributed by atoms with Crippen LogP contribution in [0.4, 0.5) is 4.79 Å². The van der Waals surface area contributed by atoms with Gasteiger partial charge in [0.1, 0.15) is 31.3 Å². The van der Waals surface area contributed by atoms with Crippen molar-refractivity contribution in [1.82, 2.24) is 9.80 Å². The van der Waals surface area contributed by atoms with E-state index in [0.717, 1.165) is 53.5 Å². The van der Waals surface area contributed by atoms with Gasteiger partial charge in [-0.15, -0.1) is 0 Å². The van der Waals surface area contributed by atoms with E-state index in [1.807, 2.05) is 60.4 Å². The van der Waals surface area contributed by atoms with Crippen LogP contribution in [0, 0.1) is 24.2 Å². The van der Waals surface area contributed by atoms with Crippen LogP contribution >= 0.6 is 23.2 Å². The van der Waals surface area contributed by atoms with E-state index in [1.54, 1.807) is 31.4 Å². The van der Waals surface area contributed by atoms with Gasteiger partial charge in [0.25, 0.3) is 0 Å². The highest BCUT2D eigenvalue weighted by Crippen LogP contribution is 2.39. The molecule has 1 N–H and O–H groups in total. The zero-order valence-electron chi connectivity index (χ0n) is 31.7. The molecule has 0 aromatic heterocycles. The number of likely N-dealkylation sites (tertiary alicyclic amines) is 1. The number of carbonyl (C=O) groups excluding carboxylic acids is 1. The molecule has 1 saturated carbocycles. The molecule has 1 saturated heterocycles. The van der Waals surface area contributed by atoms with Gasteiger partial charge in [-0.25, -0.2) is 4.79 Å². The fraction of sp³-hybridized carbons (Fsp3) is 0.386. The number of amides is 2. The van der Waals surface area contributed by atoms with Gasteiger partial charge < -0.3 is 33.9 Å². The molecule has 12 heteroatoms. The molecule has 2 aliphatic rings. The molecule has 4 aromatic carbocycles. The lowest BCUT2D eigenvalue weighted by Crippen LogP contribution is -2.49. The van der Waals surface area contributed by atoms with Crippen molar-refractivity contribution in [2.75, 3.05) is 40.0 Å². The number of carbonyl (C=O) groups is 2.